The van der Waals surface area contributed by atoms with E-state index >= 15 is 0 Å². The Morgan fingerprint density at radius 3 is 2.93 bits per heavy atom. The fraction of sp³-hybridized carbons (Fsp3) is 0.727. The fourth-order valence-corrected chi connectivity index (χ4v) is 1.50. The number of carbonyl (C=O) groups is 1. The third-order valence-electron chi connectivity index (χ3n) is 2.45. The van der Waals surface area contributed by atoms with Crippen molar-refractivity contribution < 1.29 is 9.53 Å². The van der Waals surface area contributed by atoms with Gasteiger partial charge in [-0.25, -0.2) is 0 Å². The maximum Gasteiger partial charge on any atom is 0.250 e. The fourth-order valence-electron chi connectivity index (χ4n) is 1.50. The summed E-state index contributed by atoms with van der Waals surface area (Å²) in [5.41, 5.74) is 1.30. The van der Waals surface area contributed by atoms with E-state index < -0.39 is 0 Å². The Kier molecular flexibility index (Phi) is 4.78. The Morgan fingerprint density at radius 2 is 2.33 bits per heavy atom. The van der Waals surface area contributed by atoms with Crippen molar-refractivity contribution in [3.05, 3.63) is 11.6 Å². The summed E-state index contributed by atoms with van der Waals surface area (Å²) in [6.45, 7) is 7.28. The molecule has 86 valence electrons. The van der Waals surface area contributed by atoms with E-state index in [1.165, 1.54) is 5.57 Å². The summed E-state index contributed by atoms with van der Waals surface area (Å²) in [7, 11) is 1.64. The first-order chi connectivity index (χ1) is 7.13. The monoisotopic (exact) mass is 212 g/mol. The molecule has 1 amide bonds. The van der Waals surface area contributed by atoms with Gasteiger partial charge >= 0.3 is 0 Å². The van der Waals surface area contributed by atoms with E-state index in [0.29, 0.717) is 13.2 Å². The SMILES string of the molecule is CNC(=O)C1CN(CC=C(C)C)CCO1. The second-order valence-electron chi connectivity index (χ2n) is 4.01. The number of hydrogen-bond acceptors (Lipinski definition) is 3. The maximum atomic E-state index is 11.4. The normalized spacial score (nSPS) is 22.2. The van der Waals surface area contributed by atoms with Gasteiger partial charge in [0.2, 0.25) is 5.91 Å². The largest absolute Gasteiger partial charge is 0.366 e. The number of hydrogen-bond donors (Lipinski definition) is 1. The van der Waals surface area contributed by atoms with Crippen molar-refractivity contribution >= 4 is 5.91 Å². The third-order valence-corrected chi connectivity index (χ3v) is 2.45. The molecule has 1 rings (SSSR count). The van der Waals surface area contributed by atoms with Gasteiger partial charge in [0.15, 0.2) is 0 Å². The molecule has 0 saturated carbocycles. The van der Waals surface area contributed by atoms with Crippen LogP contribution in [0.1, 0.15) is 13.8 Å². The van der Waals surface area contributed by atoms with Gasteiger partial charge in [0.05, 0.1) is 6.61 Å². The van der Waals surface area contributed by atoms with Crippen molar-refractivity contribution in [3.8, 4) is 0 Å². The number of allylic oxidation sites excluding steroid dienone is 1. The van der Waals surface area contributed by atoms with Gasteiger partial charge in [-0.05, 0) is 13.8 Å². The van der Waals surface area contributed by atoms with Gasteiger partial charge in [0, 0.05) is 26.7 Å². The van der Waals surface area contributed by atoms with Crippen LogP contribution in [-0.2, 0) is 9.53 Å². The highest BCUT2D eigenvalue weighted by Crippen LogP contribution is 2.05. The zero-order valence-corrected chi connectivity index (χ0v) is 9.75. The number of nitrogens with one attached hydrogen (secondary N) is 1. The van der Waals surface area contributed by atoms with Gasteiger partial charge < -0.3 is 10.1 Å². The van der Waals surface area contributed by atoms with E-state index in [2.05, 4.69) is 30.1 Å². The number of morpholine rings is 1. The first-order valence-electron chi connectivity index (χ1n) is 5.32. The molecule has 1 N–H and O–H groups in total. The molecule has 0 spiro atoms. The first kappa shape index (κ1) is 12.2. The van der Waals surface area contributed by atoms with E-state index in [1.807, 2.05) is 0 Å². The summed E-state index contributed by atoms with van der Waals surface area (Å²) in [5, 5.41) is 2.61. The van der Waals surface area contributed by atoms with Gasteiger partial charge in [0.1, 0.15) is 6.10 Å². The number of carbonyl (C=O) groups excluding carboxylic acids is 1. The zero-order valence-electron chi connectivity index (χ0n) is 9.75. The minimum atomic E-state index is -0.311. The minimum absolute atomic E-state index is 0.0306. The van der Waals surface area contributed by atoms with Crippen LogP contribution in [0, 0.1) is 0 Å². The third kappa shape index (κ3) is 4.01. The van der Waals surface area contributed by atoms with Crippen LogP contribution in [0.25, 0.3) is 0 Å². The smallest absolute Gasteiger partial charge is 0.250 e. The average molecular weight is 212 g/mol. The summed E-state index contributed by atoms with van der Waals surface area (Å²) in [4.78, 5) is 13.6. The molecule has 0 aromatic heterocycles. The molecule has 0 aliphatic carbocycles. The molecule has 0 aromatic rings. The number of ether oxygens (including phenoxy) is 1. The Hall–Kier alpha value is -0.870. The van der Waals surface area contributed by atoms with Gasteiger partial charge in [-0.1, -0.05) is 11.6 Å². The predicted molar refractivity (Wildman–Crippen MR) is 59.7 cm³/mol. The summed E-state index contributed by atoms with van der Waals surface area (Å²) in [5.74, 6) is -0.0306. The van der Waals surface area contributed by atoms with Crippen molar-refractivity contribution in [2.75, 3.05) is 33.3 Å². The predicted octanol–water partition coefficient (Wildman–Crippen LogP) is 0.399. The number of nitrogens with zero attached hydrogens (tertiary/aromatic N) is 1. The topological polar surface area (TPSA) is 41.6 Å². The van der Waals surface area contributed by atoms with Crippen molar-refractivity contribution in [3.63, 3.8) is 0 Å². The van der Waals surface area contributed by atoms with E-state index in [1.54, 1.807) is 7.05 Å². The van der Waals surface area contributed by atoms with Gasteiger partial charge in [-0.3, -0.25) is 9.69 Å². The molecule has 4 nitrogen and oxygen atoms in total. The second-order valence-corrected chi connectivity index (χ2v) is 4.01. The van der Waals surface area contributed by atoms with Crippen molar-refractivity contribution in [2.45, 2.75) is 20.0 Å². The standard InChI is InChI=1S/C11H20N2O2/c1-9(2)4-5-13-6-7-15-10(8-13)11(14)12-3/h4,10H,5-8H2,1-3H3,(H,12,14). The van der Waals surface area contributed by atoms with Crippen LogP contribution < -0.4 is 5.32 Å². The Balaban J connectivity index is 2.42. The lowest BCUT2D eigenvalue weighted by Crippen LogP contribution is -2.49. The second kappa shape index (κ2) is 5.88. The Bertz CT molecular complexity index is 247. The molecule has 0 radical (unpaired) electrons. The summed E-state index contributed by atoms with van der Waals surface area (Å²) in [6, 6.07) is 0. The van der Waals surface area contributed by atoms with Gasteiger partial charge in [-0.15, -0.1) is 0 Å². The van der Waals surface area contributed by atoms with Gasteiger partial charge in [-0.2, -0.15) is 0 Å². The molecule has 1 aliphatic rings. The van der Waals surface area contributed by atoms with Crippen LogP contribution >= 0.6 is 0 Å². The highest BCUT2D eigenvalue weighted by Gasteiger charge is 2.24. The minimum Gasteiger partial charge on any atom is -0.366 e. The summed E-state index contributed by atoms with van der Waals surface area (Å²) in [6.07, 6.45) is 1.86. The molecule has 0 bridgehead atoms. The molecule has 4 heteroatoms. The summed E-state index contributed by atoms with van der Waals surface area (Å²) >= 11 is 0. The molecule has 1 saturated heterocycles. The van der Waals surface area contributed by atoms with Crippen LogP contribution in [0.4, 0.5) is 0 Å². The van der Waals surface area contributed by atoms with E-state index in [9.17, 15) is 4.79 Å². The molecule has 1 aliphatic heterocycles. The molecular weight excluding hydrogens is 192 g/mol. The van der Waals surface area contributed by atoms with Crippen LogP contribution in [0.3, 0.4) is 0 Å². The highest BCUT2D eigenvalue weighted by molar-refractivity contribution is 5.80. The molecule has 15 heavy (non-hydrogen) atoms. The molecule has 1 unspecified atom stereocenters. The van der Waals surface area contributed by atoms with E-state index in [-0.39, 0.29) is 12.0 Å². The Morgan fingerprint density at radius 1 is 1.60 bits per heavy atom. The summed E-state index contributed by atoms with van der Waals surface area (Å²) < 4.78 is 5.39. The molecule has 0 aromatic carbocycles. The van der Waals surface area contributed by atoms with Crippen LogP contribution in [-0.4, -0.2) is 50.2 Å². The quantitative estimate of drug-likeness (QED) is 0.688. The Labute approximate surface area is 91.3 Å². The van der Waals surface area contributed by atoms with Crippen molar-refractivity contribution in [1.29, 1.82) is 0 Å². The van der Waals surface area contributed by atoms with Crippen molar-refractivity contribution in [1.82, 2.24) is 10.2 Å². The van der Waals surface area contributed by atoms with Crippen LogP contribution in [0.15, 0.2) is 11.6 Å². The number of rotatable bonds is 3. The lowest BCUT2D eigenvalue weighted by molar-refractivity contribution is -0.137. The van der Waals surface area contributed by atoms with Crippen LogP contribution in [0.5, 0.6) is 0 Å². The lowest BCUT2D eigenvalue weighted by Gasteiger charge is -2.31. The molecule has 1 atom stereocenters. The maximum absolute atomic E-state index is 11.4. The van der Waals surface area contributed by atoms with E-state index in [4.69, 9.17) is 4.74 Å². The number of amides is 1. The number of likely N-dealkylation sites (N-methyl/N-ethyl adjacent to an activating group) is 1. The van der Waals surface area contributed by atoms with E-state index in [0.717, 1.165) is 13.1 Å². The van der Waals surface area contributed by atoms with Crippen molar-refractivity contribution in [2.24, 2.45) is 0 Å². The van der Waals surface area contributed by atoms with Crippen LogP contribution in [0.2, 0.25) is 0 Å². The average Bonchev–Trinajstić information content (AvgIpc) is 2.25. The molecule has 1 heterocycles. The van der Waals surface area contributed by atoms with Gasteiger partial charge in [0.25, 0.3) is 0 Å². The highest BCUT2D eigenvalue weighted by atomic mass is 16.5. The molecular formula is C11H20N2O2. The lowest BCUT2D eigenvalue weighted by atomic mass is 10.2. The first-order valence-corrected chi connectivity index (χ1v) is 5.32. The molecule has 1 fully saturated rings. The zero-order chi connectivity index (χ0) is 11.3.